The van der Waals surface area contributed by atoms with Crippen LogP contribution in [-0.2, 0) is 19.7 Å². The lowest BCUT2D eigenvalue weighted by molar-refractivity contribution is 0.0856. The second kappa shape index (κ2) is 8.42. The van der Waals surface area contributed by atoms with Crippen LogP contribution in [0.15, 0.2) is 18.3 Å². The summed E-state index contributed by atoms with van der Waals surface area (Å²) in [6, 6.07) is 3.96. The zero-order valence-electron chi connectivity index (χ0n) is 12.4. The first-order valence-electron chi connectivity index (χ1n) is 7.10. The molecule has 0 saturated carbocycles. The van der Waals surface area contributed by atoms with Gasteiger partial charge in [-0.05, 0) is 33.3 Å². The SMILES string of the molecule is CCCc1ncccc1[Si](OCC)(OCC)OCC. The average Bonchev–Trinajstić information content (AvgIpc) is 2.40. The normalized spacial score (nSPS) is 11.8. The summed E-state index contributed by atoms with van der Waals surface area (Å²) in [6.45, 7) is 9.77. The number of nitrogens with zero attached hydrogens (tertiary/aromatic N) is 1. The first-order chi connectivity index (χ1) is 9.24. The van der Waals surface area contributed by atoms with Crippen molar-refractivity contribution >= 4 is 14.0 Å². The molecule has 0 aromatic carbocycles. The van der Waals surface area contributed by atoms with Crippen molar-refractivity contribution in [1.82, 2.24) is 4.98 Å². The average molecular weight is 283 g/mol. The van der Waals surface area contributed by atoms with Gasteiger partial charge in [0.15, 0.2) is 0 Å². The maximum atomic E-state index is 5.94. The fourth-order valence-corrected chi connectivity index (χ4v) is 4.78. The van der Waals surface area contributed by atoms with Crippen LogP contribution >= 0.6 is 0 Å². The van der Waals surface area contributed by atoms with Gasteiger partial charge in [-0.3, -0.25) is 4.98 Å². The van der Waals surface area contributed by atoms with Crippen molar-refractivity contribution < 1.29 is 13.3 Å². The highest BCUT2D eigenvalue weighted by Crippen LogP contribution is 2.13. The quantitative estimate of drug-likeness (QED) is 0.652. The van der Waals surface area contributed by atoms with E-state index in [0.29, 0.717) is 19.8 Å². The first-order valence-corrected chi connectivity index (χ1v) is 8.82. The van der Waals surface area contributed by atoms with E-state index in [9.17, 15) is 0 Å². The van der Waals surface area contributed by atoms with Crippen LogP contribution in [-0.4, -0.2) is 33.6 Å². The standard InChI is InChI=1S/C14H25NO3Si/c1-5-10-13-14(11-9-12-15-13)19(16-6-2,17-7-3)18-8-4/h9,11-12H,5-8,10H2,1-4H3. The second-order valence-electron chi connectivity index (χ2n) is 4.10. The second-order valence-corrected chi connectivity index (χ2v) is 6.62. The summed E-state index contributed by atoms with van der Waals surface area (Å²) in [6.07, 6.45) is 3.77. The molecule has 1 rings (SSSR count). The number of rotatable bonds is 9. The van der Waals surface area contributed by atoms with Gasteiger partial charge in [-0.2, -0.15) is 0 Å². The number of aryl methyl sites for hydroxylation is 1. The minimum Gasteiger partial charge on any atom is -0.370 e. The molecule has 1 heterocycles. The molecule has 0 saturated heterocycles. The largest absolute Gasteiger partial charge is 0.539 e. The molecule has 0 aliphatic heterocycles. The third kappa shape index (κ3) is 4.11. The molecule has 0 N–H and O–H groups in total. The van der Waals surface area contributed by atoms with Gasteiger partial charge in [0.25, 0.3) is 0 Å². The lowest BCUT2D eigenvalue weighted by Crippen LogP contribution is -2.58. The topological polar surface area (TPSA) is 40.6 Å². The van der Waals surface area contributed by atoms with E-state index in [0.717, 1.165) is 23.7 Å². The number of hydrogen-bond donors (Lipinski definition) is 0. The Morgan fingerprint density at radius 1 is 1.00 bits per heavy atom. The molecule has 0 unspecified atom stereocenters. The van der Waals surface area contributed by atoms with Gasteiger partial charge in [-0.25, -0.2) is 0 Å². The molecule has 0 amide bonds. The summed E-state index contributed by atoms with van der Waals surface area (Å²) < 4.78 is 17.8. The molecule has 0 aliphatic rings. The Morgan fingerprint density at radius 2 is 1.58 bits per heavy atom. The minimum atomic E-state index is -2.82. The summed E-state index contributed by atoms with van der Waals surface area (Å²) in [5.41, 5.74) is 1.03. The maximum Gasteiger partial charge on any atom is 0.539 e. The smallest absolute Gasteiger partial charge is 0.370 e. The zero-order valence-corrected chi connectivity index (χ0v) is 13.4. The van der Waals surface area contributed by atoms with Gasteiger partial charge in [0, 0.05) is 36.9 Å². The van der Waals surface area contributed by atoms with Crippen LogP contribution in [0, 0.1) is 0 Å². The van der Waals surface area contributed by atoms with Crippen LogP contribution in [0.3, 0.4) is 0 Å². The predicted octanol–water partition coefficient (Wildman–Crippen LogP) is 2.29. The minimum absolute atomic E-state index is 0.576. The Balaban J connectivity index is 3.20. The fourth-order valence-electron chi connectivity index (χ4n) is 2.08. The summed E-state index contributed by atoms with van der Waals surface area (Å²) >= 11 is 0. The zero-order chi connectivity index (χ0) is 14.1. The first kappa shape index (κ1) is 16.3. The summed E-state index contributed by atoms with van der Waals surface area (Å²) in [5.74, 6) is 0. The number of hydrogen-bond acceptors (Lipinski definition) is 4. The lowest BCUT2D eigenvalue weighted by atomic mass is 10.2. The van der Waals surface area contributed by atoms with E-state index in [1.54, 1.807) is 0 Å². The van der Waals surface area contributed by atoms with Crippen LogP contribution < -0.4 is 5.19 Å². The molecule has 0 radical (unpaired) electrons. The lowest BCUT2D eigenvalue weighted by Gasteiger charge is -2.29. The van der Waals surface area contributed by atoms with Crippen LogP contribution in [0.2, 0.25) is 0 Å². The number of pyridine rings is 1. The van der Waals surface area contributed by atoms with E-state index in [4.69, 9.17) is 13.3 Å². The van der Waals surface area contributed by atoms with Crippen molar-refractivity contribution in [1.29, 1.82) is 0 Å². The highest BCUT2D eigenvalue weighted by atomic mass is 28.4. The Labute approximate surface area is 117 Å². The Bertz CT molecular complexity index is 356. The van der Waals surface area contributed by atoms with Crippen molar-refractivity contribution in [3.63, 3.8) is 0 Å². The Kier molecular flexibility index (Phi) is 7.23. The predicted molar refractivity (Wildman–Crippen MR) is 78.5 cm³/mol. The van der Waals surface area contributed by atoms with Crippen LogP contribution in [0.4, 0.5) is 0 Å². The van der Waals surface area contributed by atoms with Crippen molar-refractivity contribution in [2.45, 2.75) is 40.5 Å². The molecule has 0 bridgehead atoms. The highest BCUT2D eigenvalue weighted by molar-refractivity contribution is 6.75. The van der Waals surface area contributed by atoms with Crippen LogP contribution in [0.1, 0.15) is 39.8 Å². The molecule has 0 atom stereocenters. The van der Waals surface area contributed by atoms with E-state index in [1.807, 2.05) is 39.1 Å². The van der Waals surface area contributed by atoms with Crippen LogP contribution in [0.5, 0.6) is 0 Å². The fraction of sp³-hybridized carbons (Fsp3) is 0.643. The maximum absolute atomic E-state index is 5.94. The van der Waals surface area contributed by atoms with E-state index >= 15 is 0 Å². The van der Waals surface area contributed by atoms with Gasteiger partial charge < -0.3 is 13.3 Å². The summed E-state index contributed by atoms with van der Waals surface area (Å²) in [7, 11) is -2.82. The van der Waals surface area contributed by atoms with E-state index in [2.05, 4.69) is 11.9 Å². The van der Waals surface area contributed by atoms with E-state index in [-0.39, 0.29) is 0 Å². The van der Waals surface area contributed by atoms with Crippen LogP contribution in [0.25, 0.3) is 0 Å². The molecular formula is C14H25NO3Si. The van der Waals surface area contributed by atoms with Crippen molar-refractivity contribution in [3.05, 3.63) is 24.0 Å². The third-order valence-corrected chi connectivity index (χ3v) is 5.83. The molecule has 0 spiro atoms. The third-order valence-electron chi connectivity index (χ3n) is 2.71. The van der Waals surface area contributed by atoms with Gasteiger partial charge in [-0.15, -0.1) is 0 Å². The molecular weight excluding hydrogens is 258 g/mol. The van der Waals surface area contributed by atoms with Gasteiger partial charge in [0.2, 0.25) is 0 Å². The van der Waals surface area contributed by atoms with Crippen molar-refractivity contribution in [2.24, 2.45) is 0 Å². The molecule has 108 valence electrons. The molecule has 0 fully saturated rings. The molecule has 5 heteroatoms. The highest BCUT2D eigenvalue weighted by Gasteiger charge is 2.45. The van der Waals surface area contributed by atoms with Gasteiger partial charge in [0.1, 0.15) is 0 Å². The van der Waals surface area contributed by atoms with Gasteiger partial charge in [0.05, 0.1) is 0 Å². The molecule has 1 aromatic rings. The van der Waals surface area contributed by atoms with Gasteiger partial charge >= 0.3 is 8.80 Å². The Hall–Kier alpha value is -0.753. The van der Waals surface area contributed by atoms with E-state index < -0.39 is 8.80 Å². The summed E-state index contributed by atoms with van der Waals surface area (Å²) in [4.78, 5) is 4.48. The Morgan fingerprint density at radius 3 is 2.05 bits per heavy atom. The van der Waals surface area contributed by atoms with Crippen molar-refractivity contribution in [2.75, 3.05) is 19.8 Å². The monoisotopic (exact) mass is 283 g/mol. The molecule has 1 aromatic heterocycles. The number of aromatic nitrogens is 1. The molecule has 4 nitrogen and oxygen atoms in total. The van der Waals surface area contributed by atoms with E-state index in [1.165, 1.54) is 0 Å². The molecule has 19 heavy (non-hydrogen) atoms. The van der Waals surface area contributed by atoms with Crippen molar-refractivity contribution in [3.8, 4) is 0 Å². The summed E-state index contributed by atoms with van der Waals surface area (Å²) in [5, 5.41) is 1.02. The van der Waals surface area contributed by atoms with Gasteiger partial charge in [-0.1, -0.05) is 19.4 Å². The molecule has 0 aliphatic carbocycles.